The quantitative estimate of drug-likeness (QED) is 0.246. The Morgan fingerprint density at radius 2 is 1.35 bits per heavy atom. The van der Waals surface area contributed by atoms with Crippen molar-refractivity contribution in [1.29, 1.82) is 0 Å². The molecule has 1 heterocycles. The standard InChI is InChI=1S/C16H48O7Si8/c1-25-19-26(2)21-31(10,22-27(3)20-25)16-14-12-11-13-15-28(23-30(7,8)9)17-24-18-29(4,5)6/h25-28H,11-16,24H2,1-10H3. The summed E-state index contributed by atoms with van der Waals surface area (Å²) in [5.41, 5.74) is 0. The molecule has 0 aliphatic carbocycles. The van der Waals surface area contributed by atoms with Crippen LogP contribution in [0.5, 0.6) is 0 Å². The minimum atomic E-state index is -2.17. The highest BCUT2D eigenvalue weighted by Gasteiger charge is 2.38. The summed E-state index contributed by atoms with van der Waals surface area (Å²) in [6.07, 6.45) is 4.73. The molecule has 3 atom stereocenters. The zero-order valence-electron chi connectivity index (χ0n) is 21.6. The SMILES string of the molecule is C[SiH]1O[SiH](C)O[Si](C)(CCCCCC[SiH](O[SiH2]O[Si](C)(C)C)O[Si](C)(C)C)O[SiH](C)O1. The highest BCUT2D eigenvalue weighted by atomic mass is 28.5. The Kier molecular flexibility index (Phi) is 13.9. The average Bonchev–Trinajstić information content (AvgIpc) is 2.53. The van der Waals surface area contributed by atoms with E-state index in [1.54, 1.807) is 0 Å². The van der Waals surface area contributed by atoms with Crippen molar-refractivity contribution in [2.45, 2.75) is 103 Å². The van der Waals surface area contributed by atoms with Gasteiger partial charge < -0.3 is 28.8 Å². The van der Waals surface area contributed by atoms with Crippen LogP contribution in [-0.2, 0) is 28.8 Å². The molecule has 0 aromatic rings. The van der Waals surface area contributed by atoms with Gasteiger partial charge in [0.05, 0.1) is 0 Å². The molecule has 7 nitrogen and oxygen atoms in total. The van der Waals surface area contributed by atoms with E-state index in [-0.39, 0.29) is 0 Å². The van der Waals surface area contributed by atoms with E-state index in [2.05, 4.69) is 65.5 Å². The Labute approximate surface area is 203 Å². The van der Waals surface area contributed by atoms with Gasteiger partial charge in [-0.3, -0.25) is 0 Å². The summed E-state index contributed by atoms with van der Waals surface area (Å²) in [5.74, 6) is 0. The topological polar surface area (TPSA) is 64.6 Å². The zero-order valence-corrected chi connectivity index (χ0v) is 30.6. The minimum absolute atomic E-state index is 0.915. The zero-order chi connectivity index (χ0) is 23.7. The highest BCUT2D eigenvalue weighted by Crippen LogP contribution is 2.23. The van der Waals surface area contributed by atoms with Crippen molar-refractivity contribution in [3.8, 4) is 0 Å². The van der Waals surface area contributed by atoms with Crippen LogP contribution in [0.2, 0.25) is 77.6 Å². The van der Waals surface area contributed by atoms with Gasteiger partial charge >= 0.3 is 17.8 Å². The molecule has 3 unspecified atom stereocenters. The molecule has 0 amide bonds. The van der Waals surface area contributed by atoms with E-state index in [1.807, 2.05) is 0 Å². The number of unbranched alkanes of at least 4 members (excludes halogenated alkanes) is 3. The normalized spacial score (nSPS) is 29.8. The molecule has 1 saturated heterocycles. The third kappa shape index (κ3) is 15.9. The van der Waals surface area contributed by atoms with Crippen LogP contribution in [0.25, 0.3) is 0 Å². The minimum Gasteiger partial charge on any atom is -0.441 e. The van der Waals surface area contributed by atoms with E-state index in [0.717, 1.165) is 18.5 Å². The van der Waals surface area contributed by atoms with Crippen LogP contribution in [0.1, 0.15) is 25.7 Å². The van der Waals surface area contributed by atoms with Crippen LogP contribution in [0.4, 0.5) is 0 Å². The van der Waals surface area contributed by atoms with Crippen molar-refractivity contribution in [3.05, 3.63) is 0 Å². The van der Waals surface area contributed by atoms with Gasteiger partial charge in [0.1, 0.15) is 0 Å². The number of hydrogen-bond acceptors (Lipinski definition) is 7. The van der Waals surface area contributed by atoms with Gasteiger partial charge in [-0.15, -0.1) is 0 Å². The lowest BCUT2D eigenvalue weighted by Crippen LogP contribution is -2.52. The van der Waals surface area contributed by atoms with Crippen LogP contribution in [0.15, 0.2) is 0 Å². The van der Waals surface area contributed by atoms with Gasteiger partial charge in [-0.05, 0) is 77.6 Å². The third-order valence-electron chi connectivity index (χ3n) is 4.65. The first kappa shape index (κ1) is 30.5. The van der Waals surface area contributed by atoms with E-state index in [0.29, 0.717) is 0 Å². The molecule has 0 bridgehead atoms. The number of hydrogen-bond donors (Lipinski definition) is 0. The van der Waals surface area contributed by atoms with Crippen LogP contribution >= 0.6 is 0 Å². The molecule has 1 fully saturated rings. The summed E-state index contributed by atoms with van der Waals surface area (Å²) in [6.45, 7) is 21.9. The summed E-state index contributed by atoms with van der Waals surface area (Å²) >= 11 is 0. The Balaban J connectivity index is 2.36. The molecule has 0 saturated carbocycles. The Morgan fingerprint density at radius 3 is 1.87 bits per heavy atom. The van der Waals surface area contributed by atoms with Gasteiger partial charge in [0.25, 0.3) is 37.9 Å². The maximum atomic E-state index is 6.41. The Morgan fingerprint density at radius 1 is 0.806 bits per heavy atom. The van der Waals surface area contributed by atoms with Gasteiger partial charge in [0.15, 0.2) is 16.6 Å². The summed E-state index contributed by atoms with van der Waals surface area (Å²) in [6, 6.07) is 2.12. The van der Waals surface area contributed by atoms with E-state index >= 15 is 0 Å². The summed E-state index contributed by atoms with van der Waals surface area (Å²) < 4.78 is 43.5. The Hall–Kier alpha value is 1.46. The summed E-state index contributed by atoms with van der Waals surface area (Å²) in [4.78, 5) is 0. The first-order valence-corrected chi connectivity index (χ1v) is 30.3. The molecule has 1 rings (SSSR count). The van der Waals surface area contributed by atoms with Gasteiger partial charge in [0, 0.05) is 0 Å². The van der Waals surface area contributed by atoms with E-state index < -0.39 is 72.3 Å². The van der Waals surface area contributed by atoms with Gasteiger partial charge in [-0.2, -0.15) is 0 Å². The van der Waals surface area contributed by atoms with Crippen molar-refractivity contribution in [2.75, 3.05) is 0 Å². The summed E-state index contributed by atoms with van der Waals surface area (Å²) in [7, 11) is -12.6. The molecule has 1 aliphatic heterocycles. The fourth-order valence-electron chi connectivity index (χ4n) is 3.44. The van der Waals surface area contributed by atoms with E-state index in [9.17, 15) is 0 Å². The first-order chi connectivity index (χ1) is 14.2. The Bertz CT molecular complexity index is 491. The molecule has 0 spiro atoms. The fraction of sp³-hybridized carbons (Fsp3) is 1.00. The first-order valence-electron chi connectivity index (χ1n) is 11.8. The van der Waals surface area contributed by atoms with Crippen molar-refractivity contribution >= 4 is 72.3 Å². The molecular formula is C16H48O7Si8. The maximum absolute atomic E-state index is 6.41. The molecular weight excluding hydrogens is 529 g/mol. The van der Waals surface area contributed by atoms with Gasteiger partial charge in [-0.1, -0.05) is 25.7 Å². The van der Waals surface area contributed by atoms with Crippen LogP contribution in [0.3, 0.4) is 0 Å². The maximum Gasteiger partial charge on any atom is 0.316 e. The molecule has 15 heteroatoms. The van der Waals surface area contributed by atoms with Crippen molar-refractivity contribution in [2.24, 2.45) is 0 Å². The van der Waals surface area contributed by atoms with Crippen LogP contribution in [-0.4, -0.2) is 72.3 Å². The van der Waals surface area contributed by atoms with Crippen LogP contribution in [0, 0.1) is 0 Å². The third-order valence-corrected chi connectivity index (χ3v) is 29.4. The molecule has 0 aromatic carbocycles. The fourth-order valence-corrected chi connectivity index (χ4v) is 26.9. The largest absolute Gasteiger partial charge is 0.441 e. The molecule has 0 radical (unpaired) electrons. The molecule has 0 N–H and O–H groups in total. The summed E-state index contributed by atoms with van der Waals surface area (Å²) in [5, 5.41) is 0. The predicted octanol–water partition coefficient (Wildman–Crippen LogP) is 3.19. The lowest BCUT2D eigenvalue weighted by Gasteiger charge is -2.37. The number of rotatable bonds is 13. The van der Waals surface area contributed by atoms with Crippen LogP contribution < -0.4 is 0 Å². The van der Waals surface area contributed by atoms with Gasteiger partial charge in [-0.25, -0.2) is 0 Å². The highest BCUT2D eigenvalue weighted by molar-refractivity contribution is 6.81. The second-order valence-electron chi connectivity index (χ2n) is 10.5. The molecule has 186 valence electrons. The second-order valence-corrected chi connectivity index (χ2v) is 34.3. The van der Waals surface area contributed by atoms with Gasteiger partial charge in [0.2, 0.25) is 0 Å². The van der Waals surface area contributed by atoms with E-state index in [1.165, 1.54) is 19.3 Å². The monoisotopic (exact) mass is 576 g/mol. The lowest BCUT2D eigenvalue weighted by molar-refractivity contribution is 0.273. The molecule has 1 aliphatic rings. The van der Waals surface area contributed by atoms with Crippen molar-refractivity contribution in [1.82, 2.24) is 0 Å². The molecule has 0 aromatic heterocycles. The van der Waals surface area contributed by atoms with E-state index in [4.69, 9.17) is 28.8 Å². The smallest absolute Gasteiger partial charge is 0.316 e. The van der Waals surface area contributed by atoms with Crippen molar-refractivity contribution < 1.29 is 28.8 Å². The molecule has 31 heavy (non-hydrogen) atoms. The van der Waals surface area contributed by atoms with Crippen molar-refractivity contribution in [3.63, 3.8) is 0 Å². The second kappa shape index (κ2) is 14.1. The predicted molar refractivity (Wildman–Crippen MR) is 149 cm³/mol. The lowest BCUT2D eigenvalue weighted by atomic mass is 10.2. The average molecular weight is 577 g/mol.